The lowest BCUT2D eigenvalue weighted by atomic mass is 10.1. The third-order valence-corrected chi connectivity index (χ3v) is 3.80. The third kappa shape index (κ3) is 3.55. The van der Waals surface area contributed by atoms with E-state index in [1.807, 2.05) is 6.07 Å². The molecule has 1 atom stereocenters. The van der Waals surface area contributed by atoms with Gasteiger partial charge in [0.25, 0.3) is 11.5 Å². The predicted octanol–water partition coefficient (Wildman–Crippen LogP) is 1.35. The first-order chi connectivity index (χ1) is 12.1. The SMILES string of the molecule is O=C(N[C@@H](Cc1ccccc1)C(=O)O)c1n[nH]c(=O)c2ccccc12. The van der Waals surface area contributed by atoms with Gasteiger partial charge in [-0.2, -0.15) is 5.10 Å². The van der Waals surface area contributed by atoms with E-state index >= 15 is 0 Å². The lowest BCUT2D eigenvalue weighted by Gasteiger charge is -2.15. The fourth-order valence-corrected chi connectivity index (χ4v) is 2.56. The maximum Gasteiger partial charge on any atom is 0.326 e. The molecule has 7 heteroatoms. The largest absolute Gasteiger partial charge is 0.480 e. The summed E-state index contributed by atoms with van der Waals surface area (Å²) in [5, 5.41) is 18.6. The summed E-state index contributed by atoms with van der Waals surface area (Å²) in [6, 6.07) is 14.4. The Hall–Kier alpha value is -3.48. The van der Waals surface area contributed by atoms with E-state index in [1.54, 1.807) is 48.5 Å². The molecule has 0 spiro atoms. The highest BCUT2D eigenvalue weighted by Crippen LogP contribution is 2.13. The Kier molecular flexibility index (Phi) is 4.56. The number of carboxylic acid groups (broad SMARTS) is 1. The van der Waals surface area contributed by atoms with Gasteiger partial charge in [-0.05, 0) is 11.6 Å². The second-order valence-corrected chi connectivity index (χ2v) is 5.50. The number of rotatable bonds is 5. The highest BCUT2D eigenvalue weighted by molar-refractivity contribution is 6.05. The van der Waals surface area contributed by atoms with Gasteiger partial charge in [0, 0.05) is 11.8 Å². The maximum absolute atomic E-state index is 12.5. The van der Waals surface area contributed by atoms with Crippen molar-refractivity contribution in [2.75, 3.05) is 0 Å². The number of fused-ring (bicyclic) bond motifs is 1. The minimum absolute atomic E-state index is 0.0190. The Labute approximate surface area is 142 Å². The monoisotopic (exact) mass is 337 g/mol. The van der Waals surface area contributed by atoms with Crippen molar-refractivity contribution in [1.82, 2.24) is 15.5 Å². The van der Waals surface area contributed by atoms with Gasteiger partial charge in [0.15, 0.2) is 5.69 Å². The first kappa shape index (κ1) is 16.4. The quantitative estimate of drug-likeness (QED) is 0.650. The van der Waals surface area contributed by atoms with Crippen LogP contribution < -0.4 is 10.9 Å². The highest BCUT2D eigenvalue weighted by atomic mass is 16.4. The molecule has 126 valence electrons. The Morgan fingerprint density at radius 2 is 1.68 bits per heavy atom. The lowest BCUT2D eigenvalue weighted by Crippen LogP contribution is -2.43. The molecule has 0 radical (unpaired) electrons. The Balaban J connectivity index is 1.89. The molecule has 2 aromatic carbocycles. The normalized spacial score (nSPS) is 11.8. The zero-order valence-corrected chi connectivity index (χ0v) is 13.1. The van der Waals surface area contributed by atoms with E-state index in [1.165, 1.54) is 0 Å². The number of amides is 1. The molecule has 0 fully saturated rings. The highest BCUT2D eigenvalue weighted by Gasteiger charge is 2.23. The molecule has 0 aliphatic heterocycles. The first-order valence-corrected chi connectivity index (χ1v) is 7.61. The lowest BCUT2D eigenvalue weighted by molar-refractivity contribution is -0.139. The van der Waals surface area contributed by atoms with Crippen LogP contribution in [0.1, 0.15) is 16.1 Å². The molecule has 0 aliphatic carbocycles. The number of aromatic nitrogens is 2. The zero-order valence-electron chi connectivity index (χ0n) is 13.1. The van der Waals surface area contributed by atoms with Crippen molar-refractivity contribution in [2.24, 2.45) is 0 Å². The van der Waals surface area contributed by atoms with Crippen molar-refractivity contribution in [3.8, 4) is 0 Å². The van der Waals surface area contributed by atoms with Gasteiger partial charge < -0.3 is 10.4 Å². The minimum atomic E-state index is -1.15. The van der Waals surface area contributed by atoms with Crippen LogP contribution in [0, 0.1) is 0 Å². The van der Waals surface area contributed by atoms with Gasteiger partial charge in [0.2, 0.25) is 0 Å². The van der Waals surface area contributed by atoms with Crippen LogP contribution in [0.3, 0.4) is 0 Å². The number of nitrogens with zero attached hydrogens (tertiary/aromatic N) is 1. The van der Waals surface area contributed by atoms with Crippen molar-refractivity contribution in [3.63, 3.8) is 0 Å². The summed E-state index contributed by atoms with van der Waals surface area (Å²) in [6.45, 7) is 0. The van der Waals surface area contributed by atoms with E-state index in [-0.39, 0.29) is 12.1 Å². The average Bonchev–Trinajstić information content (AvgIpc) is 2.62. The van der Waals surface area contributed by atoms with Crippen LogP contribution in [0.2, 0.25) is 0 Å². The maximum atomic E-state index is 12.5. The van der Waals surface area contributed by atoms with Crippen LogP contribution >= 0.6 is 0 Å². The van der Waals surface area contributed by atoms with E-state index in [2.05, 4.69) is 15.5 Å². The van der Waals surface area contributed by atoms with Crippen LogP contribution in [0.25, 0.3) is 10.8 Å². The second kappa shape index (κ2) is 6.96. The molecule has 0 bridgehead atoms. The van der Waals surface area contributed by atoms with Gasteiger partial charge in [-0.15, -0.1) is 0 Å². The molecule has 1 heterocycles. The van der Waals surface area contributed by atoms with Crippen LogP contribution in [0.15, 0.2) is 59.4 Å². The van der Waals surface area contributed by atoms with Gasteiger partial charge >= 0.3 is 5.97 Å². The minimum Gasteiger partial charge on any atom is -0.480 e. The molecule has 0 saturated heterocycles. The van der Waals surface area contributed by atoms with Crippen molar-refractivity contribution in [2.45, 2.75) is 12.5 Å². The van der Waals surface area contributed by atoms with Gasteiger partial charge in [0.05, 0.1) is 5.39 Å². The number of carboxylic acids is 1. The summed E-state index contributed by atoms with van der Waals surface area (Å²) < 4.78 is 0. The summed E-state index contributed by atoms with van der Waals surface area (Å²) in [6.07, 6.45) is 0.142. The Morgan fingerprint density at radius 3 is 2.36 bits per heavy atom. The number of hydrogen-bond donors (Lipinski definition) is 3. The standard InChI is InChI=1S/C18H15N3O4/c22-16-13-9-5-4-8-12(13)15(20-21-16)17(23)19-14(18(24)25)10-11-6-2-1-3-7-11/h1-9,14H,10H2,(H,19,23)(H,21,22)(H,24,25)/t14-/m0/s1. The van der Waals surface area contributed by atoms with Crippen molar-refractivity contribution in [1.29, 1.82) is 0 Å². The number of benzene rings is 2. The first-order valence-electron chi connectivity index (χ1n) is 7.61. The number of carbonyl (C=O) groups is 2. The molecule has 3 N–H and O–H groups in total. The van der Waals surface area contributed by atoms with E-state index < -0.39 is 23.5 Å². The van der Waals surface area contributed by atoms with E-state index in [4.69, 9.17) is 0 Å². The van der Waals surface area contributed by atoms with Gasteiger partial charge in [-0.3, -0.25) is 9.59 Å². The van der Waals surface area contributed by atoms with Gasteiger partial charge in [-0.1, -0.05) is 48.5 Å². The second-order valence-electron chi connectivity index (χ2n) is 5.50. The van der Waals surface area contributed by atoms with Crippen molar-refractivity contribution in [3.05, 3.63) is 76.2 Å². The van der Waals surface area contributed by atoms with E-state index in [0.717, 1.165) is 5.56 Å². The Bertz CT molecular complexity index is 982. The number of aliphatic carboxylic acids is 1. The molecular formula is C18H15N3O4. The molecule has 3 aromatic rings. The van der Waals surface area contributed by atoms with Crippen LogP contribution in [0.5, 0.6) is 0 Å². The summed E-state index contributed by atoms with van der Waals surface area (Å²) in [7, 11) is 0. The van der Waals surface area contributed by atoms with Gasteiger partial charge in [0.1, 0.15) is 6.04 Å². The molecule has 0 aliphatic rings. The van der Waals surface area contributed by atoms with E-state index in [9.17, 15) is 19.5 Å². The van der Waals surface area contributed by atoms with Gasteiger partial charge in [-0.25, -0.2) is 9.89 Å². The molecule has 3 rings (SSSR count). The summed E-state index contributed by atoms with van der Waals surface area (Å²) >= 11 is 0. The number of carbonyl (C=O) groups excluding carboxylic acids is 1. The third-order valence-electron chi connectivity index (χ3n) is 3.80. The van der Waals surface area contributed by atoms with Crippen LogP contribution in [0.4, 0.5) is 0 Å². The molecule has 25 heavy (non-hydrogen) atoms. The molecule has 7 nitrogen and oxygen atoms in total. The zero-order chi connectivity index (χ0) is 17.8. The molecule has 0 unspecified atom stereocenters. The topological polar surface area (TPSA) is 112 Å². The fraction of sp³-hybridized carbons (Fsp3) is 0.111. The Morgan fingerprint density at radius 1 is 1.04 bits per heavy atom. The van der Waals surface area contributed by atoms with Crippen molar-refractivity contribution >= 4 is 22.6 Å². The molecule has 1 aromatic heterocycles. The van der Waals surface area contributed by atoms with Crippen LogP contribution in [-0.4, -0.2) is 33.2 Å². The molecule has 0 saturated carbocycles. The summed E-state index contributed by atoms with van der Waals surface area (Å²) in [5.41, 5.74) is 0.357. The van der Waals surface area contributed by atoms with E-state index in [0.29, 0.717) is 10.8 Å². The number of aromatic amines is 1. The molecule has 1 amide bonds. The smallest absolute Gasteiger partial charge is 0.326 e. The summed E-state index contributed by atoms with van der Waals surface area (Å²) in [5.74, 6) is -1.80. The predicted molar refractivity (Wildman–Crippen MR) is 91.4 cm³/mol. The number of nitrogens with one attached hydrogen (secondary N) is 2. The number of hydrogen-bond acceptors (Lipinski definition) is 4. The summed E-state index contributed by atoms with van der Waals surface area (Å²) in [4.78, 5) is 35.8. The van der Waals surface area contributed by atoms with Crippen LogP contribution in [-0.2, 0) is 11.2 Å². The number of H-pyrrole nitrogens is 1. The average molecular weight is 337 g/mol. The van der Waals surface area contributed by atoms with Crippen molar-refractivity contribution < 1.29 is 14.7 Å². The molecular weight excluding hydrogens is 322 g/mol. The fourth-order valence-electron chi connectivity index (χ4n) is 2.56.